The molecule has 188 valence electrons. The van der Waals surface area contributed by atoms with E-state index < -0.39 is 17.3 Å². The fourth-order valence-corrected chi connectivity index (χ4v) is 1.72. The van der Waals surface area contributed by atoms with E-state index in [0.29, 0.717) is 32.7 Å². The lowest BCUT2D eigenvalue weighted by molar-refractivity contribution is 0.0515. The molecule has 11 heteroatoms. The van der Waals surface area contributed by atoms with Crippen molar-refractivity contribution in [3.05, 3.63) is 0 Å². The molecule has 0 aliphatic heterocycles. The Hall–Kier alpha value is -1.14. The van der Waals surface area contributed by atoms with Crippen LogP contribution in [0.3, 0.4) is 0 Å². The topological polar surface area (TPSA) is 132 Å². The summed E-state index contributed by atoms with van der Waals surface area (Å²) in [5, 5.41) is 25.4. The first-order chi connectivity index (χ1) is 14.2. The van der Waals surface area contributed by atoms with Crippen molar-refractivity contribution in [1.82, 2.24) is 20.9 Å². The Bertz CT molecular complexity index is 440. The van der Waals surface area contributed by atoms with Crippen LogP contribution in [0.2, 0.25) is 0 Å². The zero-order chi connectivity index (χ0) is 24.9. The van der Waals surface area contributed by atoms with Gasteiger partial charge < -0.3 is 40.5 Å². The molecule has 0 saturated carbocycles. The van der Waals surface area contributed by atoms with Crippen LogP contribution in [0, 0.1) is 0 Å². The number of alkyl carbamates (subject to hydrolysis) is 2. The molecule has 10 nitrogen and oxygen atoms in total. The van der Waals surface area contributed by atoms with E-state index in [1.807, 2.05) is 53.5 Å². The average Bonchev–Trinajstić information content (AvgIpc) is 2.59. The summed E-state index contributed by atoms with van der Waals surface area (Å²) >= 11 is 3.19. The molecule has 0 aromatic rings. The number of halogens is 1. The highest BCUT2D eigenvalue weighted by molar-refractivity contribution is 9.09. The first-order valence-electron chi connectivity index (χ1n) is 10.3. The average molecular weight is 518 g/mol. The zero-order valence-corrected chi connectivity index (χ0v) is 22.1. The lowest BCUT2D eigenvalue weighted by atomic mass is 10.2. The summed E-state index contributed by atoms with van der Waals surface area (Å²) in [6.07, 6.45) is -0.767. The van der Waals surface area contributed by atoms with Gasteiger partial charge in [0.2, 0.25) is 0 Å². The summed E-state index contributed by atoms with van der Waals surface area (Å²) in [7, 11) is 3.68. The summed E-state index contributed by atoms with van der Waals surface area (Å²) in [4.78, 5) is 24.0. The van der Waals surface area contributed by atoms with Crippen LogP contribution in [0.25, 0.3) is 0 Å². The highest BCUT2D eigenvalue weighted by Crippen LogP contribution is 2.06. The second-order valence-corrected chi connectivity index (χ2v) is 9.19. The molecule has 2 amide bonds. The number of nitrogens with one attached hydrogen (secondary N) is 3. The standard InChI is InChI=1S/C10H22N2O3.C7H14BrNO2.C3H9NO/c1-10(2,3)15-9(14)11-5-6-12(4)7-8-13;1-7(2,3)11-6(10)9-5-4-8;1-4-2-3-5/h13H,5-8H2,1-4H3,(H,11,14);4-5H2,1-3H3,(H,9,10);4-5H,2-3H2,1H3. The maximum Gasteiger partial charge on any atom is 0.407 e. The first-order valence-corrected chi connectivity index (χ1v) is 11.4. The van der Waals surface area contributed by atoms with Gasteiger partial charge >= 0.3 is 12.2 Å². The van der Waals surface area contributed by atoms with Crippen molar-refractivity contribution in [1.29, 1.82) is 0 Å². The number of nitrogens with zero attached hydrogens (tertiary/aromatic N) is 1. The Morgan fingerprint density at radius 3 is 1.58 bits per heavy atom. The van der Waals surface area contributed by atoms with Crippen LogP contribution in [0.4, 0.5) is 9.59 Å². The van der Waals surface area contributed by atoms with E-state index in [0.717, 1.165) is 5.33 Å². The van der Waals surface area contributed by atoms with Crippen LogP contribution in [-0.4, -0.2) is 104 Å². The number of rotatable bonds is 9. The molecule has 0 aromatic carbocycles. The predicted molar refractivity (Wildman–Crippen MR) is 128 cm³/mol. The van der Waals surface area contributed by atoms with Crippen molar-refractivity contribution in [2.24, 2.45) is 0 Å². The van der Waals surface area contributed by atoms with E-state index in [2.05, 4.69) is 31.9 Å². The Balaban J connectivity index is -0.000000428. The van der Waals surface area contributed by atoms with Gasteiger partial charge in [-0.1, -0.05) is 15.9 Å². The Morgan fingerprint density at radius 1 is 0.839 bits per heavy atom. The molecule has 0 saturated heterocycles. The summed E-state index contributed by atoms with van der Waals surface area (Å²) in [6, 6.07) is 0. The number of alkyl halides is 1. The molecular weight excluding hydrogens is 472 g/mol. The smallest absolute Gasteiger partial charge is 0.407 e. The molecule has 31 heavy (non-hydrogen) atoms. The molecule has 0 spiro atoms. The van der Waals surface area contributed by atoms with Crippen molar-refractivity contribution < 1.29 is 29.3 Å². The lowest BCUT2D eigenvalue weighted by Gasteiger charge is -2.20. The number of hydrogen-bond donors (Lipinski definition) is 5. The van der Waals surface area contributed by atoms with Gasteiger partial charge in [0, 0.05) is 38.1 Å². The predicted octanol–water partition coefficient (Wildman–Crippen LogP) is 1.54. The van der Waals surface area contributed by atoms with Crippen molar-refractivity contribution in [2.75, 3.05) is 65.4 Å². The van der Waals surface area contributed by atoms with E-state index in [9.17, 15) is 9.59 Å². The normalized spacial score (nSPS) is 10.8. The molecule has 0 unspecified atom stereocenters. The van der Waals surface area contributed by atoms with Gasteiger partial charge in [0.15, 0.2) is 0 Å². The number of carbonyl (C=O) groups is 2. The van der Waals surface area contributed by atoms with Crippen molar-refractivity contribution in [3.63, 3.8) is 0 Å². The molecule has 0 heterocycles. The molecule has 0 aliphatic carbocycles. The lowest BCUT2D eigenvalue weighted by Crippen LogP contribution is -2.37. The second-order valence-electron chi connectivity index (χ2n) is 8.40. The number of carbonyl (C=O) groups excluding carboxylic acids is 2. The SMILES string of the molecule is CC(C)(C)OC(=O)NCCBr.CN(CCO)CCNC(=O)OC(C)(C)C.CNCCO. The van der Waals surface area contributed by atoms with E-state index in [-0.39, 0.29) is 19.3 Å². The van der Waals surface area contributed by atoms with E-state index in [1.54, 1.807) is 7.05 Å². The van der Waals surface area contributed by atoms with E-state index in [4.69, 9.17) is 19.7 Å². The quantitative estimate of drug-likeness (QED) is 0.291. The fourth-order valence-electron chi connectivity index (χ4n) is 1.52. The molecule has 0 aliphatic rings. The molecule has 0 atom stereocenters. The first kappa shape index (κ1) is 34.5. The van der Waals surface area contributed by atoms with Crippen LogP contribution < -0.4 is 16.0 Å². The van der Waals surface area contributed by atoms with Crippen LogP contribution in [0.15, 0.2) is 0 Å². The summed E-state index contributed by atoms with van der Waals surface area (Å²) in [6.45, 7) is 14.4. The molecule has 0 aromatic heterocycles. The number of amides is 2. The van der Waals surface area contributed by atoms with Gasteiger partial charge in [-0.15, -0.1) is 0 Å². The summed E-state index contributed by atoms with van der Waals surface area (Å²) in [5.41, 5.74) is -0.864. The van der Waals surface area contributed by atoms with Gasteiger partial charge in [0.25, 0.3) is 0 Å². The minimum absolute atomic E-state index is 0.128. The van der Waals surface area contributed by atoms with Crippen molar-refractivity contribution in [2.45, 2.75) is 52.7 Å². The molecule has 0 fully saturated rings. The molecule has 0 bridgehead atoms. The highest BCUT2D eigenvalue weighted by Gasteiger charge is 2.16. The number of aliphatic hydroxyl groups is 2. The number of hydrogen-bond acceptors (Lipinski definition) is 8. The van der Waals surface area contributed by atoms with Gasteiger partial charge in [-0.25, -0.2) is 9.59 Å². The number of aliphatic hydroxyl groups excluding tert-OH is 2. The Morgan fingerprint density at radius 2 is 1.29 bits per heavy atom. The van der Waals surface area contributed by atoms with Gasteiger partial charge in [-0.2, -0.15) is 0 Å². The number of ether oxygens (including phenoxy) is 2. The molecule has 0 rings (SSSR count). The van der Waals surface area contributed by atoms with Crippen molar-refractivity contribution >= 4 is 28.1 Å². The Kier molecular flexibility index (Phi) is 23.1. The monoisotopic (exact) mass is 516 g/mol. The highest BCUT2D eigenvalue weighted by atomic mass is 79.9. The third-order valence-electron chi connectivity index (χ3n) is 2.77. The van der Waals surface area contributed by atoms with Gasteiger partial charge in [0.05, 0.1) is 13.2 Å². The molecule has 5 N–H and O–H groups in total. The van der Waals surface area contributed by atoms with Gasteiger partial charge in [0.1, 0.15) is 11.2 Å². The third kappa shape index (κ3) is 36.6. The van der Waals surface area contributed by atoms with Crippen LogP contribution in [0.1, 0.15) is 41.5 Å². The third-order valence-corrected chi connectivity index (χ3v) is 3.16. The fraction of sp³-hybridized carbons (Fsp3) is 0.900. The molecular formula is C20H45BrN4O6. The maximum atomic E-state index is 11.2. The van der Waals surface area contributed by atoms with E-state index >= 15 is 0 Å². The zero-order valence-electron chi connectivity index (χ0n) is 20.5. The maximum absolute atomic E-state index is 11.2. The minimum atomic E-state index is -0.457. The molecule has 0 radical (unpaired) electrons. The van der Waals surface area contributed by atoms with Crippen molar-refractivity contribution in [3.8, 4) is 0 Å². The Labute approximate surface area is 196 Å². The summed E-state index contributed by atoms with van der Waals surface area (Å²) in [5.74, 6) is 0. The number of likely N-dealkylation sites (N-methyl/N-ethyl adjacent to an activating group) is 2. The minimum Gasteiger partial charge on any atom is -0.444 e. The largest absolute Gasteiger partial charge is 0.444 e. The van der Waals surface area contributed by atoms with Crippen LogP contribution in [0.5, 0.6) is 0 Å². The summed E-state index contributed by atoms with van der Waals surface area (Å²) < 4.78 is 10.0. The second kappa shape index (κ2) is 20.7. The van der Waals surface area contributed by atoms with Crippen LogP contribution in [-0.2, 0) is 9.47 Å². The van der Waals surface area contributed by atoms with Gasteiger partial charge in [-0.05, 0) is 55.6 Å². The van der Waals surface area contributed by atoms with E-state index in [1.165, 1.54) is 0 Å². The van der Waals surface area contributed by atoms with Crippen LogP contribution >= 0.6 is 15.9 Å². The van der Waals surface area contributed by atoms with Gasteiger partial charge in [-0.3, -0.25) is 0 Å².